The van der Waals surface area contributed by atoms with Gasteiger partial charge >= 0.3 is 5.97 Å². The number of oxime groups is 1. The molecular weight excluding hydrogens is 372 g/mol. The Morgan fingerprint density at radius 1 is 0.966 bits per heavy atom. The zero-order valence-electron chi connectivity index (χ0n) is 15.2. The van der Waals surface area contributed by atoms with Crippen molar-refractivity contribution in [2.24, 2.45) is 5.16 Å². The molecule has 29 heavy (non-hydrogen) atoms. The van der Waals surface area contributed by atoms with Gasteiger partial charge in [-0.05, 0) is 42.5 Å². The van der Waals surface area contributed by atoms with Crippen LogP contribution < -0.4 is 14.4 Å². The number of aromatic carboxylic acids is 1. The molecular formula is C22H16N2O5. The fraction of sp³-hybridized carbons (Fsp3) is 0.0909. The van der Waals surface area contributed by atoms with Gasteiger partial charge in [-0.25, -0.2) is 4.79 Å². The van der Waals surface area contributed by atoms with Crippen molar-refractivity contribution in [1.82, 2.24) is 0 Å². The number of fused-ring (bicyclic) bond motifs is 1. The third-order valence-electron chi connectivity index (χ3n) is 4.81. The van der Waals surface area contributed by atoms with E-state index in [-0.39, 0.29) is 12.4 Å². The van der Waals surface area contributed by atoms with Gasteiger partial charge in [-0.1, -0.05) is 35.5 Å². The molecule has 1 N–H and O–H groups in total. The normalized spacial score (nSPS) is 17.0. The summed E-state index contributed by atoms with van der Waals surface area (Å²) in [7, 11) is 0. The molecule has 0 bridgehead atoms. The monoisotopic (exact) mass is 388 g/mol. The van der Waals surface area contributed by atoms with Gasteiger partial charge in [0.1, 0.15) is 0 Å². The molecule has 2 aliphatic rings. The van der Waals surface area contributed by atoms with E-state index in [9.17, 15) is 4.79 Å². The molecule has 1 unspecified atom stereocenters. The first-order chi connectivity index (χ1) is 14.2. The fourth-order valence-corrected chi connectivity index (χ4v) is 3.38. The van der Waals surface area contributed by atoms with Gasteiger partial charge in [0.2, 0.25) is 13.0 Å². The molecule has 0 aliphatic carbocycles. The zero-order chi connectivity index (χ0) is 19.8. The van der Waals surface area contributed by atoms with E-state index in [1.165, 1.54) is 0 Å². The van der Waals surface area contributed by atoms with Crippen molar-refractivity contribution in [3.05, 3.63) is 89.5 Å². The zero-order valence-corrected chi connectivity index (χ0v) is 15.2. The fourth-order valence-electron chi connectivity index (χ4n) is 3.38. The summed E-state index contributed by atoms with van der Waals surface area (Å²) < 4.78 is 10.9. The van der Waals surface area contributed by atoms with Gasteiger partial charge in [-0.3, -0.25) is 4.90 Å². The van der Waals surface area contributed by atoms with Crippen LogP contribution in [-0.2, 0) is 4.84 Å². The molecule has 0 saturated heterocycles. The van der Waals surface area contributed by atoms with Gasteiger partial charge in [0.15, 0.2) is 17.3 Å². The first-order valence-corrected chi connectivity index (χ1v) is 9.02. The first-order valence-electron chi connectivity index (χ1n) is 9.02. The van der Waals surface area contributed by atoms with Crippen molar-refractivity contribution in [2.75, 3.05) is 11.7 Å². The Bertz CT molecular complexity index is 1100. The highest BCUT2D eigenvalue weighted by Crippen LogP contribution is 2.39. The largest absolute Gasteiger partial charge is 0.478 e. The lowest BCUT2D eigenvalue weighted by Crippen LogP contribution is -2.31. The molecule has 144 valence electrons. The van der Waals surface area contributed by atoms with E-state index in [0.717, 1.165) is 16.8 Å². The van der Waals surface area contributed by atoms with Gasteiger partial charge in [0.25, 0.3) is 0 Å². The maximum Gasteiger partial charge on any atom is 0.335 e. The van der Waals surface area contributed by atoms with Crippen LogP contribution in [0.25, 0.3) is 0 Å². The number of para-hydroxylation sites is 1. The topological polar surface area (TPSA) is 80.6 Å². The minimum atomic E-state index is -0.973. The summed E-state index contributed by atoms with van der Waals surface area (Å²) in [5.41, 5.74) is 2.72. The summed E-state index contributed by atoms with van der Waals surface area (Å²) in [6.45, 7) is 0.199. The summed E-state index contributed by atoms with van der Waals surface area (Å²) >= 11 is 0. The molecule has 0 fully saturated rings. The molecule has 7 nitrogen and oxygen atoms in total. The Hall–Kier alpha value is -4.00. The van der Waals surface area contributed by atoms with Crippen LogP contribution in [0.15, 0.2) is 78.0 Å². The van der Waals surface area contributed by atoms with E-state index in [2.05, 4.69) is 5.16 Å². The molecule has 0 spiro atoms. The van der Waals surface area contributed by atoms with Crippen LogP contribution in [0.1, 0.15) is 27.7 Å². The predicted molar refractivity (Wildman–Crippen MR) is 105 cm³/mol. The van der Waals surface area contributed by atoms with Crippen molar-refractivity contribution >= 4 is 17.5 Å². The van der Waals surface area contributed by atoms with Crippen molar-refractivity contribution in [3.63, 3.8) is 0 Å². The summed E-state index contributed by atoms with van der Waals surface area (Å²) in [6, 6.07) is 22.0. The lowest BCUT2D eigenvalue weighted by molar-refractivity contribution is 0.0697. The third kappa shape index (κ3) is 3.02. The van der Waals surface area contributed by atoms with E-state index >= 15 is 0 Å². The number of carboxylic acids is 1. The summed E-state index contributed by atoms with van der Waals surface area (Å²) in [6.07, 6.45) is -0.499. The summed E-state index contributed by atoms with van der Waals surface area (Å²) in [4.78, 5) is 18.9. The minimum absolute atomic E-state index is 0.199. The summed E-state index contributed by atoms with van der Waals surface area (Å²) in [5, 5.41) is 13.5. The van der Waals surface area contributed by atoms with E-state index in [0.29, 0.717) is 17.3 Å². The molecule has 7 heteroatoms. The number of benzene rings is 3. The van der Waals surface area contributed by atoms with Crippen molar-refractivity contribution in [2.45, 2.75) is 6.23 Å². The molecule has 2 aliphatic heterocycles. The second-order valence-corrected chi connectivity index (χ2v) is 6.57. The second kappa shape index (κ2) is 6.87. The van der Waals surface area contributed by atoms with E-state index in [1.54, 1.807) is 24.3 Å². The number of hydrogen-bond acceptors (Lipinski definition) is 6. The highest BCUT2D eigenvalue weighted by atomic mass is 16.7. The Kier molecular flexibility index (Phi) is 4.05. The van der Waals surface area contributed by atoms with Crippen LogP contribution >= 0.6 is 0 Å². The van der Waals surface area contributed by atoms with E-state index in [1.807, 2.05) is 53.4 Å². The van der Waals surface area contributed by atoms with Crippen molar-refractivity contribution < 1.29 is 24.2 Å². The van der Waals surface area contributed by atoms with Crippen LogP contribution in [0.5, 0.6) is 11.5 Å². The number of carboxylic acid groups (broad SMARTS) is 1. The highest BCUT2D eigenvalue weighted by molar-refractivity contribution is 6.11. The average molecular weight is 388 g/mol. The smallest absolute Gasteiger partial charge is 0.335 e. The van der Waals surface area contributed by atoms with Crippen LogP contribution in [0.2, 0.25) is 0 Å². The SMILES string of the molecule is O=C(O)c1ccc(C2=NOC(c3ccc4c(c3)OCO4)N2c2ccccc2)cc1. The molecule has 3 aromatic carbocycles. The molecule has 2 heterocycles. The number of amidine groups is 1. The first kappa shape index (κ1) is 17.1. The molecule has 5 rings (SSSR count). The molecule has 0 amide bonds. The number of nitrogens with zero attached hydrogens (tertiary/aromatic N) is 2. The van der Waals surface area contributed by atoms with Crippen LogP contribution in [0.3, 0.4) is 0 Å². The van der Waals surface area contributed by atoms with Gasteiger partial charge in [-0.15, -0.1) is 0 Å². The Balaban J connectivity index is 1.54. The Labute approximate surface area is 166 Å². The lowest BCUT2D eigenvalue weighted by atomic mass is 10.1. The van der Waals surface area contributed by atoms with Gasteiger partial charge in [0.05, 0.1) is 5.56 Å². The highest BCUT2D eigenvalue weighted by Gasteiger charge is 2.34. The number of rotatable bonds is 4. The average Bonchev–Trinajstić information content (AvgIpc) is 3.41. The summed E-state index contributed by atoms with van der Waals surface area (Å²) in [5.74, 6) is 0.983. The second-order valence-electron chi connectivity index (χ2n) is 6.57. The Morgan fingerprint density at radius 3 is 2.48 bits per heavy atom. The van der Waals surface area contributed by atoms with Crippen LogP contribution in [-0.4, -0.2) is 23.7 Å². The third-order valence-corrected chi connectivity index (χ3v) is 4.81. The maximum absolute atomic E-state index is 11.2. The van der Waals surface area contributed by atoms with E-state index < -0.39 is 12.2 Å². The number of anilines is 1. The Morgan fingerprint density at radius 2 is 1.72 bits per heavy atom. The number of hydrogen-bond donors (Lipinski definition) is 1. The number of carbonyl (C=O) groups is 1. The maximum atomic E-state index is 11.2. The van der Waals surface area contributed by atoms with Crippen molar-refractivity contribution in [3.8, 4) is 11.5 Å². The minimum Gasteiger partial charge on any atom is -0.478 e. The number of ether oxygens (including phenoxy) is 2. The molecule has 0 radical (unpaired) electrons. The standard InChI is InChI=1S/C22H16N2O5/c25-22(26)15-8-6-14(7-9-15)20-23-29-21(24(20)17-4-2-1-3-5-17)16-10-11-18-19(12-16)28-13-27-18/h1-12,21H,13H2,(H,25,26). The van der Waals surface area contributed by atoms with Crippen LogP contribution in [0.4, 0.5) is 5.69 Å². The lowest BCUT2D eigenvalue weighted by Gasteiger charge is -2.26. The van der Waals surface area contributed by atoms with Gasteiger partial charge in [0, 0.05) is 16.8 Å². The van der Waals surface area contributed by atoms with Crippen molar-refractivity contribution in [1.29, 1.82) is 0 Å². The predicted octanol–water partition coefficient (Wildman–Crippen LogP) is 4.01. The molecule has 0 saturated carbocycles. The quantitative estimate of drug-likeness (QED) is 0.727. The van der Waals surface area contributed by atoms with E-state index in [4.69, 9.17) is 19.4 Å². The molecule has 3 aromatic rings. The molecule has 1 atom stereocenters. The van der Waals surface area contributed by atoms with Gasteiger partial charge in [-0.2, -0.15) is 0 Å². The molecule has 0 aromatic heterocycles. The van der Waals surface area contributed by atoms with Crippen LogP contribution in [0, 0.1) is 0 Å². The van der Waals surface area contributed by atoms with Gasteiger partial charge < -0.3 is 19.4 Å².